The Kier molecular flexibility index (Phi) is 5.38. The molecule has 3 aromatic heterocycles. The van der Waals surface area contributed by atoms with Gasteiger partial charge in [0, 0.05) is 41.8 Å². The van der Waals surface area contributed by atoms with Crippen molar-refractivity contribution >= 4 is 22.6 Å². The first kappa shape index (κ1) is 20.8. The molecule has 7 nitrogen and oxygen atoms in total. The minimum Gasteiger partial charge on any atom is -0.356 e. The predicted octanol–water partition coefficient (Wildman–Crippen LogP) is 3.46. The summed E-state index contributed by atoms with van der Waals surface area (Å²) in [5, 5.41) is 7.54. The van der Waals surface area contributed by atoms with E-state index >= 15 is 0 Å². The van der Waals surface area contributed by atoms with Gasteiger partial charge in [-0.25, -0.2) is 9.50 Å². The maximum Gasteiger partial charge on any atom is 0.453 e. The molecular weight excluding hydrogens is 409 g/mol. The maximum absolute atomic E-state index is 12.9. The lowest BCUT2D eigenvalue weighted by atomic mass is 10.1. The van der Waals surface area contributed by atoms with Gasteiger partial charge in [0.05, 0.1) is 6.42 Å². The molecule has 0 aliphatic carbocycles. The van der Waals surface area contributed by atoms with Crippen molar-refractivity contribution in [2.45, 2.75) is 39.4 Å². The summed E-state index contributed by atoms with van der Waals surface area (Å²) < 4.78 is 41.9. The molecule has 1 aromatic carbocycles. The van der Waals surface area contributed by atoms with Crippen molar-refractivity contribution in [2.24, 2.45) is 0 Å². The summed E-state index contributed by atoms with van der Waals surface area (Å²) in [4.78, 5) is 20.0. The van der Waals surface area contributed by atoms with E-state index < -0.39 is 12.0 Å². The number of hydrogen-bond donors (Lipinski definition) is 1. The molecular formula is C21H21F3N6O. The molecule has 162 valence electrons. The van der Waals surface area contributed by atoms with Crippen LogP contribution in [-0.4, -0.2) is 36.6 Å². The molecule has 0 aliphatic heterocycles. The van der Waals surface area contributed by atoms with Crippen molar-refractivity contribution in [3.8, 4) is 0 Å². The van der Waals surface area contributed by atoms with Gasteiger partial charge in [0.15, 0.2) is 0 Å². The third-order valence-electron chi connectivity index (χ3n) is 5.22. The van der Waals surface area contributed by atoms with E-state index in [-0.39, 0.29) is 18.1 Å². The number of carbonyl (C=O) groups excluding carboxylic acids is 1. The van der Waals surface area contributed by atoms with Gasteiger partial charge in [0.1, 0.15) is 0 Å². The van der Waals surface area contributed by atoms with Crippen molar-refractivity contribution in [2.75, 3.05) is 6.54 Å². The first-order valence-corrected chi connectivity index (χ1v) is 9.84. The number of halogens is 3. The molecule has 0 saturated carbocycles. The van der Waals surface area contributed by atoms with E-state index in [0.717, 1.165) is 23.0 Å². The van der Waals surface area contributed by atoms with Gasteiger partial charge in [-0.05, 0) is 37.8 Å². The highest BCUT2D eigenvalue weighted by molar-refractivity contribution is 5.80. The molecule has 0 fully saturated rings. The van der Waals surface area contributed by atoms with E-state index in [1.165, 1.54) is 5.39 Å². The van der Waals surface area contributed by atoms with E-state index in [0.29, 0.717) is 23.5 Å². The van der Waals surface area contributed by atoms with Crippen LogP contribution in [0, 0.1) is 13.8 Å². The van der Waals surface area contributed by atoms with E-state index in [4.69, 9.17) is 0 Å². The van der Waals surface area contributed by atoms with Gasteiger partial charge in [-0.3, -0.25) is 4.79 Å². The minimum absolute atomic E-state index is 0.00820. The maximum atomic E-state index is 12.9. The molecule has 3 heterocycles. The van der Waals surface area contributed by atoms with E-state index in [9.17, 15) is 18.0 Å². The number of rotatable bonds is 6. The Morgan fingerprint density at radius 2 is 1.90 bits per heavy atom. The molecule has 0 radical (unpaired) electrons. The zero-order chi connectivity index (χ0) is 22.2. The Morgan fingerprint density at radius 1 is 1.13 bits per heavy atom. The number of fused-ring (bicyclic) bond motifs is 2. The number of carbonyl (C=O) groups is 1. The highest BCUT2D eigenvalue weighted by atomic mass is 19.4. The van der Waals surface area contributed by atoms with Crippen molar-refractivity contribution in [1.82, 2.24) is 29.5 Å². The first-order valence-electron chi connectivity index (χ1n) is 9.84. The fourth-order valence-electron chi connectivity index (χ4n) is 3.62. The van der Waals surface area contributed by atoms with Crippen LogP contribution >= 0.6 is 0 Å². The zero-order valence-corrected chi connectivity index (χ0v) is 17.1. The number of benzene rings is 1. The number of amides is 1. The molecule has 1 N–H and O–H groups in total. The Hall–Kier alpha value is -3.43. The lowest BCUT2D eigenvalue weighted by Crippen LogP contribution is -2.27. The predicted molar refractivity (Wildman–Crippen MR) is 109 cm³/mol. The fourth-order valence-corrected chi connectivity index (χ4v) is 3.62. The Balaban J connectivity index is 1.39. The third-order valence-corrected chi connectivity index (χ3v) is 5.22. The van der Waals surface area contributed by atoms with Gasteiger partial charge >= 0.3 is 6.18 Å². The summed E-state index contributed by atoms with van der Waals surface area (Å²) >= 11 is 0. The largest absolute Gasteiger partial charge is 0.453 e. The molecule has 31 heavy (non-hydrogen) atoms. The Labute approximate surface area is 175 Å². The van der Waals surface area contributed by atoms with Crippen LogP contribution in [0.2, 0.25) is 0 Å². The number of hydrogen-bond acceptors (Lipinski definition) is 4. The normalized spacial score (nSPS) is 12.0. The van der Waals surface area contributed by atoms with Gasteiger partial charge in [0.25, 0.3) is 11.6 Å². The van der Waals surface area contributed by atoms with Crippen LogP contribution in [0.5, 0.6) is 0 Å². The molecule has 0 unspecified atom stereocenters. The number of nitrogens with zero attached hydrogens (tertiary/aromatic N) is 5. The number of nitrogens with one attached hydrogen (secondary N) is 1. The van der Waals surface area contributed by atoms with Gasteiger partial charge in [-0.2, -0.15) is 18.2 Å². The quantitative estimate of drug-likeness (QED) is 0.476. The van der Waals surface area contributed by atoms with Gasteiger partial charge in [-0.1, -0.05) is 18.2 Å². The minimum atomic E-state index is -4.66. The summed E-state index contributed by atoms with van der Waals surface area (Å²) in [6.45, 7) is 4.50. The van der Waals surface area contributed by atoms with Crippen molar-refractivity contribution in [3.05, 3.63) is 59.3 Å². The van der Waals surface area contributed by atoms with Crippen LogP contribution in [0.25, 0.3) is 16.7 Å². The Morgan fingerprint density at radius 3 is 2.68 bits per heavy atom. The summed E-state index contributed by atoms with van der Waals surface area (Å²) in [5.74, 6) is -1.60. The third kappa shape index (κ3) is 4.23. The van der Waals surface area contributed by atoms with Gasteiger partial charge < -0.3 is 9.88 Å². The van der Waals surface area contributed by atoms with Crippen LogP contribution in [0.1, 0.15) is 29.2 Å². The second-order valence-corrected chi connectivity index (χ2v) is 7.35. The van der Waals surface area contributed by atoms with E-state index in [1.807, 2.05) is 18.3 Å². The molecule has 0 aliphatic rings. The number of aryl methyl sites for hydroxylation is 3. The van der Waals surface area contributed by atoms with Crippen LogP contribution in [-0.2, 0) is 23.9 Å². The van der Waals surface area contributed by atoms with Crippen LogP contribution in [0.4, 0.5) is 13.2 Å². The van der Waals surface area contributed by atoms with E-state index in [2.05, 4.69) is 43.1 Å². The molecule has 0 spiro atoms. The van der Waals surface area contributed by atoms with Crippen molar-refractivity contribution < 1.29 is 18.0 Å². The Bertz CT molecular complexity index is 1260. The van der Waals surface area contributed by atoms with E-state index in [1.54, 1.807) is 13.8 Å². The average Bonchev–Trinajstić information content (AvgIpc) is 3.33. The topological polar surface area (TPSA) is 77.1 Å². The standard InChI is InChI=1S/C21H21F3N6O/c1-13-16(14(2)30-20(26-13)27-19(28-30)21(22,23)24)12-18(31)25-9-5-10-29-11-8-15-6-3-4-7-17(15)29/h3-4,6-8,11H,5,9-10,12H2,1-2H3,(H,25,31). The molecule has 4 rings (SSSR count). The summed E-state index contributed by atoms with van der Waals surface area (Å²) in [6, 6.07) is 10.1. The fraction of sp³-hybridized carbons (Fsp3) is 0.333. The second kappa shape index (κ2) is 8.01. The van der Waals surface area contributed by atoms with Crippen LogP contribution in [0.3, 0.4) is 0 Å². The van der Waals surface area contributed by atoms with Crippen LogP contribution < -0.4 is 5.32 Å². The molecule has 4 aromatic rings. The lowest BCUT2D eigenvalue weighted by Gasteiger charge is -2.11. The molecule has 0 atom stereocenters. The second-order valence-electron chi connectivity index (χ2n) is 7.35. The number of para-hydroxylation sites is 1. The number of alkyl halides is 3. The average molecular weight is 430 g/mol. The molecule has 0 bridgehead atoms. The zero-order valence-electron chi connectivity index (χ0n) is 17.1. The molecule has 10 heteroatoms. The number of aromatic nitrogens is 5. The summed E-state index contributed by atoms with van der Waals surface area (Å²) in [6.07, 6.45) is -1.88. The summed E-state index contributed by atoms with van der Waals surface area (Å²) in [7, 11) is 0. The smallest absolute Gasteiger partial charge is 0.356 e. The van der Waals surface area contributed by atoms with Crippen molar-refractivity contribution in [3.63, 3.8) is 0 Å². The lowest BCUT2D eigenvalue weighted by molar-refractivity contribution is -0.144. The van der Waals surface area contributed by atoms with Crippen LogP contribution in [0.15, 0.2) is 36.5 Å². The highest BCUT2D eigenvalue weighted by Crippen LogP contribution is 2.27. The highest BCUT2D eigenvalue weighted by Gasteiger charge is 2.37. The van der Waals surface area contributed by atoms with Gasteiger partial charge in [0.2, 0.25) is 5.91 Å². The van der Waals surface area contributed by atoms with Crippen molar-refractivity contribution in [1.29, 1.82) is 0 Å². The molecule has 0 saturated heterocycles. The SMILES string of the molecule is Cc1nc2nc(C(F)(F)F)nn2c(C)c1CC(=O)NCCCn1ccc2ccccc21. The monoisotopic (exact) mass is 430 g/mol. The molecule has 1 amide bonds. The first-order chi connectivity index (χ1) is 14.7. The van der Waals surface area contributed by atoms with Gasteiger partial charge in [-0.15, -0.1) is 5.10 Å². The summed E-state index contributed by atoms with van der Waals surface area (Å²) in [5.41, 5.74) is 2.56.